The Labute approximate surface area is 203 Å². The van der Waals surface area contributed by atoms with E-state index in [2.05, 4.69) is 30.7 Å². The molecule has 186 valence electrons. The number of hydrogen-bond acceptors (Lipinski definition) is 1. The van der Waals surface area contributed by atoms with E-state index in [1.165, 1.54) is 70.3 Å². The predicted octanol–water partition coefficient (Wildman–Crippen LogP) is 8.46. The van der Waals surface area contributed by atoms with E-state index >= 15 is 0 Å². The number of aryl methyl sites for hydroxylation is 1. The van der Waals surface area contributed by atoms with E-state index in [1.54, 1.807) is 6.07 Å². The first-order chi connectivity index (χ1) is 16.3. The molecule has 1 aromatic carbocycles. The Morgan fingerprint density at radius 2 is 1.79 bits per heavy atom. The number of rotatable bonds is 4. The summed E-state index contributed by atoms with van der Waals surface area (Å²) in [7, 11) is 0. The molecule has 4 heteroatoms. The monoisotopic (exact) mass is 468 g/mol. The molecule has 2 aromatic rings. The summed E-state index contributed by atoms with van der Waals surface area (Å²) in [6.07, 6.45) is 16.3. The maximum atomic E-state index is 14.1. The Kier molecular flexibility index (Phi) is 5.61. The molecule has 0 spiro atoms. The molecule has 4 saturated carbocycles. The average molecular weight is 469 g/mol. The second-order valence-corrected chi connectivity index (χ2v) is 13.1. The largest absolute Gasteiger partial charge is 0.342 e. The molecular formula is C30H42F2N2. The molecule has 0 bridgehead atoms. The van der Waals surface area contributed by atoms with Crippen molar-refractivity contribution in [2.45, 2.75) is 97.8 Å². The van der Waals surface area contributed by atoms with Gasteiger partial charge >= 0.3 is 0 Å². The van der Waals surface area contributed by atoms with Crippen LogP contribution < -0.4 is 0 Å². The van der Waals surface area contributed by atoms with Crippen molar-refractivity contribution in [1.29, 1.82) is 0 Å². The van der Waals surface area contributed by atoms with Gasteiger partial charge in [0.1, 0.15) is 11.3 Å². The zero-order chi connectivity index (χ0) is 23.7. The standard InChI is InChI=1S/C30H42F2N2/c1-18(7-14-26-33-25-13-12-24(31)27(32)28(25)34-26)21-10-11-22-20-9-8-19-6-4-5-16-29(19,2)23(20)15-17-30(21,22)3/h12-13,18-23H,4-11,14-17H2,1-3H3,(H,33,34). The van der Waals surface area contributed by atoms with Gasteiger partial charge < -0.3 is 4.98 Å². The van der Waals surface area contributed by atoms with Gasteiger partial charge in [-0.05, 0) is 116 Å². The number of H-pyrrole nitrogens is 1. The molecule has 1 heterocycles. The Morgan fingerprint density at radius 3 is 2.65 bits per heavy atom. The lowest BCUT2D eigenvalue weighted by molar-refractivity contribution is -0.114. The Hall–Kier alpha value is -1.45. The van der Waals surface area contributed by atoms with Crippen molar-refractivity contribution in [2.75, 3.05) is 0 Å². The van der Waals surface area contributed by atoms with Crippen LogP contribution in [0.3, 0.4) is 0 Å². The molecule has 8 atom stereocenters. The van der Waals surface area contributed by atoms with Gasteiger partial charge in [0.25, 0.3) is 0 Å². The molecule has 4 fully saturated rings. The average Bonchev–Trinajstić information content (AvgIpc) is 3.40. The maximum Gasteiger partial charge on any atom is 0.186 e. The van der Waals surface area contributed by atoms with Crippen LogP contribution in [0.15, 0.2) is 12.1 Å². The maximum absolute atomic E-state index is 14.1. The number of aromatic nitrogens is 2. The van der Waals surface area contributed by atoms with Crippen LogP contribution in [0, 0.1) is 58.0 Å². The van der Waals surface area contributed by atoms with Gasteiger partial charge in [0.2, 0.25) is 0 Å². The summed E-state index contributed by atoms with van der Waals surface area (Å²) in [6.45, 7) is 7.75. The topological polar surface area (TPSA) is 28.7 Å². The fraction of sp³-hybridized carbons (Fsp3) is 0.767. The van der Waals surface area contributed by atoms with Gasteiger partial charge in [0.05, 0.1) is 5.52 Å². The van der Waals surface area contributed by atoms with Crippen LogP contribution in [0.1, 0.15) is 97.2 Å². The van der Waals surface area contributed by atoms with Crippen molar-refractivity contribution in [3.63, 3.8) is 0 Å². The van der Waals surface area contributed by atoms with Crippen molar-refractivity contribution in [1.82, 2.24) is 9.97 Å². The van der Waals surface area contributed by atoms with E-state index in [-0.39, 0.29) is 5.52 Å². The van der Waals surface area contributed by atoms with Gasteiger partial charge in [-0.2, -0.15) is 0 Å². The lowest BCUT2D eigenvalue weighted by Gasteiger charge is -2.61. The summed E-state index contributed by atoms with van der Waals surface area (Å²) in [5.74, 6) is 4.34. The van der Waals surface area contributed by atoms with Gasteiger partial charge in [0, 0.05) is 6.42 Å². The Balaban J connectivity index is 1.16. The number of aromatic amines is 1. The normalized spacial score (nSPS) is 40.6. The summed E-state index contributed by atoms with van der Waals surface area (Å²) >= 11 is 0. The van der Waals surface area contributed by atoms with Crippen LogP contribution in [-0.2, 0) is 6.42 Å². The number of halogens is 2. The van der Waals surface area contributed by atoms with E-state index in [1.807, 2.05) is 0 Å². The van der Waals surface area contributed by atoms with Crippen LogP contribution in [0.5, 0.6) is 0 Å². The molecule has 1 aromatic heterocycles. The van der Waals surface area contributed by atoms with Gasteiger partial charge in [-0.15, -0.1) is 0 Å². The third-order valence-corrected chi connectivity index (χ3v) is 11.8. The van der Waals surface area contributed by atoms with Gasteiger partial charge in [-0.25, -0.2) is 13.8 Å². The van der Waals surface area contributed by atoms with Crippen LogP contribution >= 0.6 is 0 Å². The van der Waals surface area contributed by atoms with Crippen molar-refractivity contribution in [2.24, 2.45) is 46.3 Å². The second-order valence-electron chi connectivity index (χ2n) is 13.1. The van der Waals surface area contributed by atoms with Crippen molar-refractivity contribution < 1.29 is 8.78 Å². The molecule has 1 N–H and O–H groups in total. The molecular weight excluding hydrogens is 426 g/mol. The SMILES string of the molecule is CC(CCc1nc2c(F)c(F)ccc2[nH]1)C1CCC2C3CCC4CCCCC4(C)C3CCC12C. The van der Waals surface area contributed by atoms with Crippen LogP contribution in [0.2, 0.25) is 0 Å². The molecule has 0 aliphatic heterocycles. The number of nitrogens with one attached hydrogen (secondary N) is 1. The molecule has 0 amide bonds. The number of nitrogens with zero attached hydrogens (tertiary/aromatic N) is 1. The summed E-state index contributed by atoms with van der Waals surface area (Å²) < 4.78 is 27.7. The number of benzene rings is 1. The van der Waals surface area contributed by atoms with E-state index in [4.69, 9.17) is 0 Å². The van der Waals surface area contributed by atoms with Crippen LogP contribution in [0.25, 0.3) is 11.0 Å². The Morgan fingerprint density at radius 1 is 0.971 bits per heavy atom. The quantitative estimate of drug-likeness (QED) is 0.479. The van der Waals surface area contributed by atoms with Crippen molar-refractivity contribution in [3.05, 3.63) is 29.6 Å². The zero-order valence-electron chi connectivity index (χ0n) is 21.3. The molecule has 0 radical (unpaired) electrons. The highest BCUT2D eigenvalue weighted by molar-refractivity contribution is 5.75. The van der Waals surface area contributed by atoms with Crippen molar-refractivity contribution in [3.8, 4) is 0 Å². The molecule has 4 aliphatic rings. The lowest BCUT2D eigenvalue weighted by Crippen LogP contribution is -2.53. The van der Waals surface area contributed by atoms with Gasteiger partial charge in [-0.1, -0.05) is 33.6 Å². The fourth-order valence-corrected chi connectivity index (χ4v) is 10.0. The van der Waals surface area contributed by atoms with Crippen LogP contribution in [0.4, 0.5) is 8.78 Å². The highest BCUT2D eigenvalue weighted by Gasteiger charge is 2.60. The molecule has 4 aliphatic carbocycles. The summed E-state index contributed by atoms with van der Waals surface area (Å²) in [4.78, 5) is 7.63. The smallest absolute Gasteiger partial charge is 0.186 e. The van der Waals surface area contributed by atoms with E-state index < -0.39 is 11.6 Å². The first-order valence-electron chi connectivity index (χ1n) is 14.1. The fourth-order valence-electron chi connectivity index (χ4n) is 10.0. The highest BCUT2D eigenvalue weighted by Crippen LogP contribution is 2.68. The lowest BCUT2D eigenvalue weighted by atomic mass is 9.44. The minimum Gasteiger partial charge on any atom is -0.342 e. The molecule has 8 unspecified atom stereocenters. The summed E-state index contributed by atoms with van der Waals surface area (Å²) in [6, 6.07) is 2.77. The minimum atomic E-state index is -0.836. The first-order valence-corrected chi connectivity index (χ1v) is 14.1. The number of imidazole rings is 1. The van der Waals surface area contributed by atoms with E-state index in [0.717, 1.165) is 48.3 Å². The highest BCUT2D eigenvalue weighted by atomic mass is 19.2. The second kappa shape index (κ2) is 8.30. The summed E-state index contributed by atoms with van der Waals surface area (Å²) in [5, 5.41) is 0. The first kappa shape index (κ1) is 23.0. The number of hydrogen-bond donors (Lipinski definition) is 1. The molecule has 0 saturated heterocycles. The molecule has 34 heavy (non-hydrogen) atoms. The summed E-state index contributed by atoms with van der Waals surface area (Å²) in [5.41, 5.74) is 1.82. The predicted molar refractivity (Wildman–Crippen MR) is 133 cm³/mol. The minimum absolute atomic E-state index is 0.140. The third kappa shape index (κ3) is 3.40. The van der Waals surface area contributed by atoms with Crippen molar-refractivity contribution >= 4 is 11.0 Å². The zero-order valence-corrected chi connectivity index (χ0v) is 21.3. The van der Waals surface area contributed by atoms with E-state index in [9.17, 15) is 8.78 Å². The van der Waals surface area contributed by atoms with Crippen LogP contribution in [-0.4, -0.2) is 9.97 Å². The van der Waals surface area contributed by atoms with Gasteiger partial charge in [0.15, 0.2) is 11.6 Å². The molecule has 2 nitrogen and oxygen atoms in total. The Bertz CT molecular complexity index is 1060. The van der Waals surface area contributed by atoms with E-state index in [0.29, 0.717) is 22.3 Å². The van der Waals surface area contributed by atoms with Gasteiger partial charge in [-0.3, -0.25) is 0 Å². The third-order valence-electron chi connectivity index (χ3n) is 11.8. The number of fused-ring (bicyclic) bond motifs is 6. The molecule has 6 rings (SSSR count).